The number of hydrogen-bond donors (Lipinski definition) is 0. The minimum atomic E-state index is 0.141. The second kappa shape index (κ2) is 6.15. The maximum atomic E-state index is 11.0. The molecule has 4 rings (SSSR count). The Morgan fingerprint density at radius 1 is 0.957 bits per heavy atom. The van der Waals surface area contributed by atoms with Gasteiger partial charge in [0.05, 0.1) is 6.04 Å². The van der Waals surface area contributed by atoms with Crippen LogP contribution in [0.2, 0.25) is 0 Å². The van der Waals surface area contributed by atoms with Crippen molar-refractivity contribution in [1.29, 1.82) is 0 Å². The molecule has 8 atom stereocenters. The van der Waals surface area contributed by atoms with E-state index in [2.05, 4.69) is 19.0 Å². The molecule has 0 aromatic rings. The molecule has 0 spiro atoms. The highest BCUT2D eigenvalue weighted by Gasteiger charge is 2.56. The number of nitroso groups, excluding NO2 is 1. The largest absolute Gasteiger partial charge is 0.151 e. The first-order valence-electron chi connectivity index (χ1n) is 10.5. The Bertz CT molecular complexity index is 449. The molecule has 0 aromatic heterocycles. The van der Waals surface area contributed by atoms with Crippen LogP contribution >= 0.6 is 0 Å². The lowest BCUT2D eigenvalue weighted by molar-refractivity contribution is -0.0646. The molecule has 0 amide bonds. The molecule has 0 aliphatic heterocycles. The fourth-order valence-corrected chi connectivity index (χ4v) is 7.86. The van der Waals surface area contributed by atoms with E-state index in [0.29, 0.717) is 5.41 Å². The standard InChI is InChI=1S/C21H35NO/c1-3-4-15-6-10-20-19-8-5-14-13-16(22-23)7-9-17(14)18(19)11-12-21(15,20)2/h14-20H,3-13H2,1-2H3. The quantitative estimate of drug-likeness (QED) is 0.571. The third-order valence-electron chi connectivity index (χ3n) is 8.91. The number of rotatable bonds is 3. The monoisotopic (exact) mass is 317 g/mol. The Morgan fingerprint density at radius 3 is 2.57 bits per heavy atom. The third-order valence-corrected chi connectivity index (χ3v) is 8.91. The van der Waals surface area contributed by atoms with Crippen LogP contribution in [0.15, 0.2) is 5.18 Å². The van der Waals surface area contributed by atoms with Crippen LogP contribution in [-0.4, -0.2) is 6.04 Å². The van der Waals surface area contributed by atoms with Crippen molar-refractivity contribution in [1.82, 2.24) is 0 Å². The molecule has 4 aliphatic carbocycles. The summed E-state index contributed by atoms with van der Waals surface area (Å²) in [6, 6.07) is 0.141. The topological polar surface area (TPSA) is 29.4 Å². The van der Waals surface area contributed by atoms with E-state index in [0.717, 1.165) is 48.3 Å². The average molecular weight is 318 g/mol. The number of nitrogens with zero attached hydrogens (tertiary/aromatic N) is 1. The molecule has 130 valence electrons. The Labute approximate surface area is 142 Å². The molecule has 0 radical (unpaired) electrons. The molecular formula is C21H35NO. The van der Waals surface area contributed by atoms with Gasteiger partial charge in [0.15, 0.2) is 0 Å². The van der Waals surface area contributed by atoms with Gasteiger partial charge < -0.3 is 0 Å². The summed E-state index contributed by atoms with van der Waals surface area (Å²) in [5.74, 6) is 5.77. The Hall–Kier alpha value is -0.400. The summed E-state index contributed by atoms with van der Waals surface area (Å²) in [5, 5.41) is 3.39. The van der Waals surface area contributed by atoms with E-state index in [1.54, 1.807) is 0 Å². The van der Waals surface area contributed by atoms with E-state index in [1.807, 2.05) is 0 Å². The maximum Gasteiger partial charge on any atom is 0.0922 e. The summed E-state index contributed by atoms with van der Waals surface area (Å²) in [4.78, 5) is 11.0. The lowest BCUT2D eigenvalue weighted by atomic mass is 9.49. The fourth-order valence-electron chi connectivity index (χ4n) is 7.86. The minimum absolute atomic E-state index is 0.141. The van der Waals surface area contributed by atoms with E-state index < -0.39 is 0 Å². The van der Waals surface area contributed by atoms with Gasteiger partial charge in [-0.05, 0) is 98.7 Å². The molecule has 4 fully saturated rings. The van der Waals surface area contributed by atoms with Crippen molar-refractivity contribution < 1.29 is 0 Å². The average Bonchev–Trinajstić information content (AvgIpc) is 2.91. The Balaban J connectivity index is 1.51. The van der Waals surface area contributed by atoms with Crippen LogP contribution in [0.1, 0.15) is 84.5 Å². The molecule has 0 bridgehead atoms. The highest BCUT2D eigenvalue weighted by molar-refractivity contribution is 5.06. The second-order valence-electron chi connectivity index (χ2n) is 9.62. The summed E-state index contributed by atoms with van der Waals surface area (Å²) >= 11 is 0. The van der Waals surface area contributed by atoms with Crippen molar-refractivity contribution in [3.05, 3.63) is 4.91 Å². The molecule has 23 heavy (non-hydrogen) atoms. The van der Waals surface area contributed by atoms with E-state index in [9.17, 15) is 4.91 Å². The Kier molecular flexibility index (Phi) is 4.30. The number of fused-ring (bicyclic) bond motifs is 5. The van der Waals surface area contributed by atoms with Crippen molar-refractivity contribution in [2.24, 2.45) is 46.1 Å². The van der Waals surface area contributed by atoms with Gasteiger partial charge in [0.2, 0.25) is 0 Å². The maximum absolute atomic E-state index is 11.0. The van der Waals surface area contributed by atoms with Gasteiger partial charge in [-0.15, -0.1) is 0 Å². The predicted octanol–water partition coefficient (Wildman–Crippen LogP) is 6.19. The molecule has 0 N–H and O–H groups in total. The molecule has 8 unspecified atom stereocenters. The molecule has 0 heterocycles. The SMILES string of the molecule is CCCC1CCC2C3CCC4CC(N=O)CCC4C3CCC12C. The first kappa shape index (κ1) is 16.1. The van der Waals surface area contributed by atoms with Crippen molar-refractivity contribution >= 4 is 0 Å². The predicted molar refractivity (Wildman–Crippen MR) is 95.1 cm³/mol. The minimum Gasteiger partial charge on any atom is -0.151 e. The van der Waals surface area contributed by atoms with Gasteiger partial charge in [-0.1, -0.05) is 31.9 Å². The zero-order chi connectivity index (χ0) is 16.0. The zero-order valence-corrected chi connectivity index (χ0v) is 15.2. The van der Waals surface area contributed by atoms with Crippen LogP contribution in [0.25, 0.3) is 0 Å². The lowest BCUT2D eigenvalue weighted by Gasteiger charge is -2.56. The molecule has 4 aliphatic rings. The highest BCUT2D eigenvalue weighted by atomic mass is 16.3. The van der Waals surface area contributed by atoms with E-state index in [1.165, 1.54) is 57.8 Å². The van der Waals surface area contributed by atoms with Crippen molar-refractivity contribution in [3.8, 4) is 0 Å². The molecule has 0 aromatic carbocycles. The van der Waals surface area contributed by atoms with Gasteiger partial charge in [-0.25, -0.2) is 0 Å². The van der Waals surface area contributed by atoms with Gasteiger partial charge in [0.1, 0.15) is 0 Å². The summed E-state index contributed by atoms with van der Waals surface area (Å²) in [6.07, 6.45) is 15.1. The first-order chi connectivity index (χ1) is 11.2. The summed E-state index contributed by atoms with van der Waals surface area (Å²) in [5.41, 5.74) is 0.658. The molecular weight excluding hydrogens is 282 g/mol. The van der Waals surface area contributed by atoms with Crippen molar-refractivity contribution in [2.75, 3.05) is 0 Å². The van der Waals surface area contributed by atoms with Gasteiger partial charge in [0, 0.05) is 0 Å². The molecule has 4 saturated carbocycles. The molecule has 0 saturated heterocycles. The third kappa shape index (κ3) is 2.50. The van der Waals surface area contributed by atoms with Crippen LogP contribution < -0.4 is 0 Å². The van der Waals surface area contributed by atoms with E-state index in [-0.39, 0.29) is 6.04 Å². The van der Waals surface area contributed by atoms with Gasteiger partial charge in [0.25, 0.3) is 0 Å². The summed E-state index contributed by atoms with van der Waals surface area (Å²) < 4.78 is 0. The lowest BCUT2D eigenvalue weighted by Crippen LogP contribution is -2.48. The summed E-state index contributed by atoms with van der Waals surface area (Å²) in [6.45, 7) is 5.02. The Morgan fingerprint density at radius 2 is 1.78 bits per heavy atom. The normalized spacial score (nSPS) is 52.3. The number of hydrogen-bond acceptors (Lipinski definition) is 2. The van der Waals surface area contributed by atoms with Gasteiger partial charge >= 0.3 is 0 Å². The molecule has 2 nitrogen and oxygen atoms in total. The smallest absolute Gasteiger partial charge is 0.0922 e. The zero-order valence-electron chi connectivity index (χ0n) is 15.2. The van der Waals surface area contributed by atoms with E-state index >= 15 is 0 Å². The van der Waals surface area contributed by atoms with Gasteiger partial charge in [-0.3, -0.25) is 0 Å². The first-order valence-corrected chi connectivity index (χ1v) is 10.5. The van der Waals surface area contributed by atoms with Gasteiger partial charge in [-0.2, -0.15) is 4.91 Å². The van der Waals surface area contributed by atoms with Crippen molar-refractivity contribution in [2.45, 2.75) is 90.5 Å². The van der Waals surface area contributed by atoms with Crippen LogP contribution in [0.5, 0.6) is 0 Å². The second-order valence-corrected chi connectivity index (χ2v) is 9.62. The van der Waals surface area contributed by atoms with Crippen molar-refractivity contribution in [3.63, 3.8) is 0 Å². The van der Waals surface area contributed by atoms with Crippen LogP contribution in [0, 0.1) is 45.8 Å². The van der Waals surface area contributed by atoms with E-state index in [4.69, 9.17) is 0 Å². The fraction of sp³-hybridized carbons (Fsp3) is 1.00. The summed E-state index contributed by atoms with van der Waals surface area (Å²) in [7, 11) is 0. The van der Waals surface area contributed by atoms with Crippen LogP contribution in [0.3, 0.4) is 0 Å². The van der Waals surface area contributed by atoms with Crippen LogP contribution in [-0.2, 0) is 0 Å². The van der Waals surface area contributed by atoms with Crippen LogP contribution in [0.4, 0.5) is 0 Å². The highest BCUT2D eigenvalue weighted by Crippen LogP contribution is 2.64. The molecule has 2 heteroatoms.